The Bertz CT molecular complexity index is 1300. The van der Waals surface area contributed by atoms with Gasteiger partial charge in [-0.05, 0) is 64.4 Å². The molecule has 9 heteroatoms. The lowest BCUT2D eigenvalue weighted by molar-refractivity contribution is 0.0784. The number of nitrogens with zero attached hydrogens (tertiary/aromatic N) is 3. The maximum Gasteiger partial charge on any atom is 0.255 e. The first-order valence-corrected chi connectivity index (χ1v) is 12.5. The lowest BCUT2D eigenvalue weighted by Crippen LogP contribution is -2.31. The van der Waals surface area contributed by atoms with Crippen molar-refractivity contribution in [2.24, 2.45) is 0 Å². The number of amides is 1. The summed E-state index contributed by atoms with van der Waals surface area (Å²) in [5, 5.41) is 4.88. The Morgan fingerprint density at radius 2 is 1.82 bits per heavy atom. The van der Waals surface area contributed by atoms with Crippen LogP contribution >= 0.6 is 11.6 Å². The first-order chi connectivity index (χ1) is 15.4. The van der Waals surface area contributed by atoms with Crippen molar-refractivity contribution in [2.45, 2.75) is 52.1 Å². The van der Waals surface area contributed by atoms with E-state index in [9.17, 15) is 13.2 Å². The normalized spacial score (nSPS) is 11.8. The molecule has 1 amide bonds. The number of sulfonamides is 1. The number of carbonyl (C=O) groups is 1. The topological polar surface area (TPSA) is 84.3 Å². The van der Waals surface area contributed by atoms with Crippen LogP contribution < -0.4 is 4.72 Å². The molecule has 33 heavy (non-hydrogen) atoms. The van der Waals surface area contributed by atoms with Crippen molar-refractivity contribution < 1.29 is 13.2 Å². The third kappa shape index (κ3) is 5.29. The van der Waals surface area contributed by atoms with E-state index in [4.69, 9.17) is 11.6 Å². The van der Waals surface area contributed by atoms with Crippen LogP contribution in [0.25, 0.3) is 5.69 Å². The van der Waals surface area contributed by atoms with E-state index in [1.807, 2.05) is 49.7 Å². The van der Waals surface area contributed by atoms with Gasteiger partial charge in [-0.25, -0.2) is 17.8 Å². The van der Waals surface area contributed by atoms with Gasteiger partial charge >= 0.3 is 0 Å². The zero-order valence-electron chi connectivity index (χ0n) is 19.7. The van der Waals surface area contributed by atoms with Crippen LogP contribution in [-0.2, 0) is 16.6 Å². The number of aryl methyl sites for hydroxylation is 2. The van der Waals surface area contributed by atoms with E-state index in [0.29, 0.717) is 6.54 Å². The molecule has 0 atom stereocenters. The molecule has 3 rings (SSSR count). The molecule has 0 aliphatic heterocycles. The molecule has 3 aromatic rings. The molecule has 0 saturated heterocycles. The number of hydrogen-bond acceptors (Lipinski definition) is 4. The summed E-state index contributed by atoms with van der Waals surface area (Å²) in [5.41, 5.74) is 4.89. The molecule has 0 saturated carbocycles. The Hall–Kier alpha value is -2.68. The molecule has 1 N–H and O–H groups in total. The second-order valence-corrected chi connectivity index (χ2v) is 10.5. The van der Waals surface area contributed by atoms with Crippen molar-refractivity contribution in [2.75, 3.05) is 7.05 Å². The van der Waals surface area contributed by atoms with Crippen molar-refractivity contribution in [1.29, 1.82) is 0 Å². The molecular formula is C24H29ClN4O3S. The fourth-order valence-corrected chi connectivity index (χ4v) is 5.14. The van der Waals surface area contributed by atoms with E-state index < -0.39 is 10.0 Å². The van der Waals surface area contributed by atoms with Gasteiger partial charge < -0.3 is 4.90 Å². The van der Waals surface area contributed by atoms with Crippen LogP contribution in [0.15, 0.2) is 47.4 Å². The molecular weight excluding hydrogens is 460 g/mol. The van der Waals surface area contributed by atoms with Gasteiger partial charge in [0.1, 0.15) is 0 Å². The molecule has 0 fully saturated rings. The molecule has 1 aromatic heterocycles. The maximum absolute atomic E-state index is 13.2. The number of halogens is 1. The van der Waals surface area contributed by atoms with Crippen molar-refractivity contribution in [3.05, 3.63) is 75.6 Å². The summed E-state index contributed by atoms with van der Waals surface area (Å²) in [7, 11) is -2.09. The molecule has 2 aromatic carbocycles. The lowest BCUT2D eigenvalue weighted by Gasteiger charge is -2.19. The van der Waals surface area contributed by atoms with Gasteiger partial charge in [0.2, 0.25) is 10.0 Å². The van der Waals surface area contributed by atoms with E-state index in [1.165, 1.54) is 23.1 Å². The van der Waals surface area contributed by atoms with Gasteiger partial charge in [0.25, 0.3) is 5.91 Å². The quantitative estimate of drug-likeness (QED) is 0.534. The van der Waals surface area contributed by atoms with Gasteiger partial charge in [-0.15, -0.1) is 0 Å². The minimum Gasteiger partial charge on any atom is -0.337 e. The van der Waals surface area contributed by atoms with Gasteiger partial charge in [0.15, 0.2) is 0 Å². The summed E-state index contributed by atoms with van der Waals surface area (Å²) in [6, 6.07) is 11.8. The Kier molecular flexibility index (Phi) is 7.31. The molecule has 7 nitrogen and oxygen atoms in total. The molecule has 0 spiro atoms. The molecule has 1 heterocycles. The monoisotopic (exact) mass is 488 g/mol. The van der Waals surface area contributed by atoms with E-state index in [1.54, 1.807) is 20.9 Å². The minimum atomic E-state index is -3.75. The van der Waals surface area contributed by atoms with Crippen molar-refractivity contribution in [3.8, 4) is 5.69 Å². The number of rotatable bonds is 7. The SMILES string of the molecule is Cc1ccccc1-n1nc(C)c(CN(C)C(=O)c2cc(S(=O)(=O)NC(C)C)ccc2Cl)c1C. The first-order valence-electron chi connectivity index (χ1n) is 10.6. The molecule has 0 radical (unpaired) electrons. The summed E-state index contributed by atoms with van der Waals surface area (Å²) in [4.78, 5) is 14.7. The number of nitrogens with one attached hydrogen (secondary N) is 1. The van der Waals surface area contributed by atoms with Crippen molar-refractivity contribution in [3.63, 3.8) is 0 Å². The standard InChI is InChI=1S/C24H29ClN4O3S/c1-15(2)27-33(31,32)19-11-12-22(25)20(13-19)24(30)28(6)14-21-17(4)26-29(18(21)5)23-10-8-7-9-16(23)3/h7-13,15,27H,14H2,1-6H3. The number of para-hydroxylation sites is 1. The summed E-state index contributed by atoms with van der Waals surface area (Å²) in [5.74, 6) is -0.371. The molecule has 0 bridgehead atoms. The Morgan fingerprint density at radius 3 is 2.45 bits per heavy atom. The van der Waals surface area contributed by atoms with Crippen LogP contribution in [0.4, 0.5) is 0 Å². The Labute approximate surface area is 200 Å². The zero-order chi connectivity index (χ0) is 24.5. The summed E-state index contributed by atoms with van der Waals surface area (Å²) in [6.07, 6.45) is 0. The largest absolute Gasteiger partial charge is 0.337 e. The van der Waals surface area contributed by atoms with Crippen LogP contribution in [0.3, 0.4) is 0 Å². The smallest absolute Gasteiger partial charge is 0.255 e. The average Bonchev–Trinajstić information content (AvgIpc) is 3.01. The highest BCUT2D eigenvalue weighted by Gasteiger charge is 2.23. The molecule has 176 valence electrons. The van der Waals surface area contributed by atoms with Gasteiger partial charge in [0, 0.05) is 30.9 Å². The second-order valence-electron chi connectivity index (χ2n) is 8.43. The highest BCUT2D eigenvalue weighted by molar-refractivity contribution is 7.89. The van der Waals surface area contributed by atoms with Crippen LogP contribution in [0.5, 0.6) is 0 Å². The second kappa shape index (κ2) is 9.67. The predicted molar refractivity (Wildman–Crippen MR) is 130 cm³/mol. The van der Waals surface area contributed by atoms with E-state index in [0.717, 1.165) is 28.2 Å². The van der Waals surface area contributed by atoms with Crippen LogP contribution in [0.1, 0.15) is 46.7 Å². The lowest BCUT2D eigenvalue weighted by atomic mass is 10.1. The van der Waals surface area contributed by atoms with Crippen LogP contribution in [0, 0.1) is 20.8 Å². The highest BCUT2D eigenvalue weighted by atomic mass is 35.5. The fraction of sp³-hybridized carbons (Fsp3) is 0.333. The van der Waals surface area contributed by atoms with Crippen LogP contribution in [-0.4, -0.2) is 42.1 Å². The molecule has 0 unspecified atom stereocenters. The predicted octanol–water partition coefficient (Wildman–Crippen LogP) is 4.41. The Morgan fingerprint density at radius 1 is 1.15 bits per heavy atom. The Balaban J connectivity index is 1.91. The molecule has 0 aliphatic rings. The van der Waals surface area contributed by atoms with E-state index in [2.05, 4.69) is 9.82 Å². The average molecular weight is 489 g/mol. The third-order valence-corrected chi connectivity index (χ3v) is 7.38. The van der Waals surface area contributed by atoms with Gasteiger partial charge in [-0.1, -0.05) is 29.8 Å². The summed E-state index contributed by atoms with van der Waals surface area (Å²) in [6.45, 7) is 9.67. The van der Waals surface area contributed by atoms with Gasteiger partial charge in [-0.2, -0.15) is 5.10 Å². The van der Waals surface area contributed by atoms with Gasteiger partial charge in [-0.3, -0.25) is 4.79 Å². The first kappa shape index (κ1) is 25.0. The van der Waals surface area contributed by atoms with Crippen molar-refractivity contribution in [1.82, 2.24) is 19.4 Å². The molecule has 0 aliphatic carbocycles. The van der Waals surface area contributed by atoms with E-state index >= 15 is 0 Å². The highest BCUT2D eigenvalue weighted by Crippen LogP contribution is 2.25. The van der Waals surface area contributed by atoms with E-state index in [-0.39, 0.29) is 27.4 Å². The zero-order valence-corrected chi connectivity index (χ0v) is 21.3. The summed E-state index contributed by atoms with van der Waals surface area (Å²) < 4.78 is 29.5. The minimum absolute atomic E-state index is 0.00270. The maximum atomic E-state index is 13.2. The number of aromatic nitrogens is 2. The fourth-order valence-electron chi connectivity index (χ4n) is 3.67. The number of hydrogen-bond donors (Lipinski definition) is 1. The third-order valence-electron chi connectivity index (χ3n) is 5.40. The van der Waals surface area contributed by atoms with Crippen molar-refractivity contribution >= 4 is 27.5 Å². The number of benzene rings is 2. The van der Waals surface area contributed by atoms with Gasteiger partial charge in [0.05, 0.1) is 26.9 Å². The summed E-state index contributed by atoms with van der Waals surface area (Å²) >= 11 is 6.28. The van der Waals surface area contributed by atoms with Crippen LogP contribution in [0.2, 0.25) is 5.02 Å². The number of carbonyl (C=O) groups excluding carboxylic acids is 1.